The Hall–Kier alpha value is -0.600. The first-order valence-electron chi connectivity index (χ1n) is 5.23. The van der Waals surface area contributed by atoms with Gasteiger partial charge in [0.2, 0.25) is 0 Å². The van der Waals surface area contributed by atoms with E-state index >= 15 is 0 Å². The number of aromatic nitrogens is 1. The Balaban J connectivity index is 0.00000200. The van der Waals surface area contributed by atoms with Crippen LogP contribution in [0.3, 0.4) is 0 Å². The number of hydrogen-bond donors (Lipinski definition) is 0. The van der Waals surface area contributed by atoms with Crippen molar-refractivity contribution in [3.05, 3.63) is 52.8 Å². The van der Waals surface area contributed by atoms with E-state index < -0.39 is 16.0 Å². The van der Waals surface area contributed by atoms with Gasteiger partial charge in [0.1, 0.15) is 4.60 Å². The van der Waals surface area contributed by atoms with Gasteiger partial charge in [0, 0.05) is 6.20 Å². The molecule has 0 aliphatic rings. The number of carbonyl (C=O) groups is 1. The van der Waals surface area contributed by atoms with Gasteiger partial charge < -0.3 is 4.74 Å². The van der Waals surface area contributed by atoms with Crippen LogP contribution in [0, 0.1) is 0 Å². The van der Waals surface area contributed by atoms with Gasteiger partial charge >= 0.3 is 35.5 Å². The van der Waals surface area contributed by atoms with E-state index in [0.29, 0.717) is 0 Å². The molecule has 20 heavy (non-hydrogen) atoms. The molecule has 0 N–H and O–H groups in total. The van der Waals surface area contributed by atoms with Gasteiger partial charge in [-0.1, -0.05) is 18.2 Å². The van der Waals surface area contributed by atoms with Crippen molar-refractivity contribution in [2.75, 3.05) is 7.11 Å². The van der Waals surface area contributed by atoms with Gasteiger partial charge in [0.15, 0.2) is 0 Å². The zero-order valence-electron chi connectivity index (χ0n) is 9.91. The van der Waals surface area contributed by atoms with Crippen molar-refractivity contribution in [1.82, 2.24) is 3.97 Å². The van der Waals surface area contributed by atoms with E-state index in [1.54, 1.807) is 18.2 Å². The molecule has 0 spiro atoms. The van der Waals surface area contributed by atoms with Gasteiger partial charge in [0.05, 0.1) is 17.6 Å². The Morgan fingerprint density at radius 3 is 2.40 bits per heavy atom. The van der Waals surface area contributed by atoms with E-state index in [1.807, 2.05) is 0 Å². The molecule has 0 amide bonds. The molecule has 0 fully saturated rings. The molecule has 0 aliphatic carbocycles. The van der Waals surface area contributed by atoms with Crippen molar-refractivity contribution in [2.45, 2.75) is 4.90 Å². The van der Waals surface area contributed by atoms with Crippen LogP contribution in [-0.4, -0.2) is 55.0 Å². The number of halogens is 1. The molecule has 2 aromatic rings. The first-order chi connectivity index (χ1) is 8.96. The summed E-state index contributed by atoms with van der Waals surface area (Å²) in [7, 11) is -2.49. The molecule has 1 aromatic carbocycles. The molecule has 0 radical (unpaired) electrons. The van der Waals surface area contributed by atoms with Crippen LogP contribution in [0.4, 0.5) is 0 Å². The summed E-state index contributed by atoms with van der Waals surface area (Å²) in [5.74, 6) is -0.595. The zero-order chi connectivity index (χ0) is 14.0. The molecular formula is C12H11BrNNaO4S. The summed E-state index contributed by atoms with van der Waals surface area (Å²) in [5, 5.41) is 0. The molecule has 0 aliphatic heterocycles. The van der Waals surface area contributed by atoms with Gasteiger partial charge in [-0.3, -0.25) is 0 Å². The quantitative estimate of drug-likeness (QED) is 0.610. The second-order valence-corrected chi connectivity index (χ2v) is 6.28. The summed E-state index contributed by atoms with van der Waals surface area (Å²) >= 11 is 3.12. The normalized spacial score (nSPS) is 10.7. The molecule has 0 atom stereocenters. The van der Waals surface area contributed by atoms with E-state index in [1.165, 1.54) is 31.5 Å². The molecule has 0 saturated heterocycles. The van der Waals surface area contributed by atoms with E-state index in [2.05, 4.69) is 20.7 Å². The van der Waals surface area contributed by atoms with Gasteiger partial charge in [-0.25, -0.2) is 17.2 Å². The summed E-state index contributed by atoms with van der Waals surface area (Å²) in [6.45, 7) is 0. The minimum absolute atomic E-state index is 0. The van der Waals surface area contributed by atoms with Crippen molar-refractivity contribution in [1.29, 1.82) is 0 Å². The zero-order valence-corrected chi connectivity index (χ0v) is 12.3. The summed E-state index contributed by atoms with van der Waals surface area (Å²) in [6.07, 6.45) is 1.22. The molecule has 0 bridgehead atoms. The maximum atomic E-state index is 12.4. The molecule has 0 unspecified atom stereocenters. The monoisotopic (exact) mass is 367 g/mol. The van der Waals surface area contributed by atoms with E-state index in [-0.39, 0.29) is 44.6 Å². The average molecular weight is 368 g/mol. The van der Waals surface area contributed by atoms with Crippen molar-refractivity contribution in [3.63, 3.8) is 0 Å². The second kappa shape index (κ2) is 6.91. The molecule has 8 heteroatoms. The Labute approximate surface area is 147 Å². The summed E-state index contributed by atoms with van der Waals surface area (Å²) < 4.78 is 30.5. The maximum absolute atomic E-state index is 12.4. The molecule has 102 valence electrons. The van der Waals surface area contributed by atoms with Gasteiger partial charge in [-0.15, -0.1) is 0 Å². The Morgan fingerprint density at radius 2 is 1.85 bits per heavy atom. The fourth-order valence-corrected chi connectivity index (χ4v) is 3.72. The number of carbonyl (C=O) groups excluding carboxylic acids is 1. The van der Waals surface area contributed by atoms with Crippen molar-refractivity contribution in [3.8, 4) is 0 Å². The number of esters is 1. The molecular weight excluding hydrogens is 357 g/mol. The number of ether oxygens (including phenoxy) is 1. The van der Waals surface area contributed by atoms with E-state index in [9.17, 15) is 13.2 Å². The van der Waals surface area contributed by atoms with Crippen LogP contribution in [0.1, 0.15) is 10.4 Å². The van der Waals surface area contributed by atoms with Crippen LogP contribution in [-0.2, 0) is 14.8 Å². The summed E-state index contributed by atoms with van der Waals surface area (Å²) in [6, 6.07) is 9.35. The van der Waals surface area contributed by atoms with Crippen LogP contribution in [0.15, 0.2) is 52.1 Å². The van der Waals surface area contributed by atoms with Crippen LogP contribution in [0.25, 0.3) is 0 Å². The average Bonchev–Trinajstić information content (AvgIpc) is 2.81. The number of nitrogens with zero attached hydrogens (tertiary/aromatic N) is 1. The van der Waals surface area contributed by atoms with Gasteiger partial charge in [-0.05, 0) is 34.1 Å². The van der Waals surface area contributed by atoms with E-state index in [4.69, 9.17) is 0 Å². The van der Waals surface area contributed by atoms with Crippen LogP contribution >= 0.6 is 15.9 Å². The molecule has 1 aromatic heterocycles. The molecule has 5 nitrogen and oxygen atoms in total. The standard InChI is InChI=1S/C12H10BrNO4S.Na.H/c1-18-12(15)9-7-11(13)14(8-9)19(16,17)10-5-3-2-4-6-10;;/h2-8H,1H3;;. The van der Waals surface area contributed by atoms with E-state index in [0.717, 1.165) is 3.97 Å². The second-order valence-electron chi connectivity index (χ2n) is 3.66. The number of methoxy groups -OCH3 is 1. The fraction of sp³-hybridized carbons (Fsp3) is 0.0833. The first kappa shape index (κ1) is 17.5. The van der Waals surface area contributed by atoms with Crippen molar-refractivity contribution >= 4 is 61.5 Å². The Bertz CT molecular complexity index is 712. The van der Waals surface area contributed by atoms with Gasteiger partial charge in [-0.2, -0.15) is 0 Å². The van der Waals surface area contributed by atoms with Crippen LogP contribution in [0.5, 0.6) is 0 Å². The number of rotatable bonds is 3. The molecule has 2 rings (SSSR count). The Kier molecular flexibility index (Phi) is 6.03. The number of hydrogen-bond acceptors (Lipinski definition) is 4. The number of benzene rings is 1. The Morgan fingerprint density at radius 1 is 1.25 bits per heavy atom. The predicted octanol–water partition coefficient (Wildman–Crippen LogP) is 1.63. The topological polar surface area (TPSA) is 65.4 Å². The van der Waals surface area contributed by atoms with Crippen LogP contribution < -0.4 is 0 Å². The molecule has 1 heterocycles. The SMILES string of the molecule is COC(=O)c1cc(Br)n(S(=O)(=O)c2ccccc2)c1.[NaH]. The fourth-order valence-electron chi connectivity index (χ4n) is 1.54. The van der Waals surface area contributed by atoms with Gasteiger partial charge in [0.25, 0.3) is 10.0 Å². The summed E-state index contributed by atoms with van der Waals surface area (Å²) in [5.41, 5.74) is 0.161. The van der Waals surface area contributed by atoms with Crippen molar-refractivity contribution in [2.24, 2.45) is 0 Å². The minimum atomic E-state index is -3.73. The van der Waals surface area contributed by atoms with Crippen LogP contribution in [0.2, 0.25) is 0 Å². The molecule has 0 saturated carbocycles. The van der Waals surface area contributed by atoms with Crippen molar-refractivity contribution < 1.29 is 17.9 Å². The first-order valence-corrected chi connectivity index (χ1v) is 7.47. The summed E-state index contributed by atoms with van der Waals surface area (Å²) in [4.78, 5) is 11.5. The predicted molar refractivity (Wildman–Crippen MR) is 79.6 cm³/mol. The third-order valence-corrected chi connectivity index (χ3v) is 5.00. The third kappa shape index (κ3) is 3.35. The third-order valence-electron chi connectivity index (χ3n) is 2.46.